The number of methoxy groups -OCH3 is 1. The molecule has 0 saturated heterocycles. The van der Waals surface area contributed by atoms with Crippen LogP contribution in [0.5, 0.6) is 5.88 Å². The van der Waals surface area contributed by atoms with Gasteiger partial charge in [0.2, 0.25) is 5.88 Å². The molecular formula is C33H31Cl2N5O6. The number of fused-ring (bicyclic) bond motifs is 1. The standard InChI is InChI=1S/C33H31Cl2N5O6/c1-46-31-20(15-36-11-13-41)8-9-26(39-31)25-7-3-6-24(30(25)35)23-5-2-4-22(29(23)34)19-10-12-40-28(14-19)38-17-21(32(40)43)16-37-27(18-42)33(44)45/h2-10,12,14,17,27,36-37,41-42H,11,13,15-16,18H2,1H3,(H,44,45)/t27-/m1/s1. The number of nitrogens with zero attached hydrogens (tertiary/aromatic N) is 3. The molecule has 11 nitrogen and oxygen atoms in total. The molecule has 0 aliphatic heterocycles. The van der Waals surface area contributed by atoms with Crippen LogP contribution in [0.4, 0.5) is 0 Å². The highest BCUT2D eigenvalue weighted by Crippen LogP contribution is 2.42. The molecule has 2 aromatic carbocycles. The Morgan fingerprint density at radius 2 is 1.65 bits per heavy atom. The van der Waals surface area contributed by atoms with Crippen LogP contribution >= 0.6 is 23.2 Å². The van der Waals surface area contributed by atoms with Crippen molar-refractivity contribution >= 4 is 34.8 Å². The molecule has 13 heteroatoms. The van der Waals surface area contributed by atoms with Gasteiger partial charge < -0.3 is 25.4 Å². The zero-order valence-corrected chi connectivity index (χ0v) is 26.2. The second kappa shape index (κ2) is 14.8. The summed E-state index contributed by atoms with van der Waals surface area (Å²) in [7, 11) is 1.55. The highest BCUT2D eigenvalue weighted by molar-refractivity contribution is 6.39. The van der Waals surface area contributed by atoms with Gasteiger partial charge in [0.1, 0.15) is 11.7 Å². The van der Waals surface area contributed by atoms with Crippen LogP contribution in [0.3, 0.4) is 0 Å². The maximum absolute atomic E-state index is 13.1. The third-order valence-electron chi connectivity index (χ3n) is 7.41. The lowest BCUT2D eigenvalue weighted by Crippen LogP contribution is -2.40. The number of ether oxygens (including phenoxy) is 1. The Bertz CT molecular complexity index is 1950. The molecular weight excluding hydrogens is 633 g/mol. The van der Waals surface area contributed by atoms with Gasteiger partial charge in [0, 0.05) is 59.8 Å². The summed E-state index contributed by atoms with van der Waals surface area (Å²) in [6.45, 7) is 0.285. The van der Waals surface area contributed by atoms with Gasteiger partial charge in [0.05, 0.1) is 41.6 Å². The number of halogens is 2. The summed E-state index contributed by atoms with van der Waals surface area (Å²) in [5, 5.41) is 34.1. The van der Waals surface area contributed by atoms with Crippen molar-refractivity contribution in [1.29, 1.82) is 0 Å². The number of carbonyl (C=O) groups is 1. The largest absolute Gasteiger partial charge is 0.481 e. The van der Waals surface area contributed by atoms with E-state index in [4.69, 9.17) is 38.2 Å². The maximum Gasteiger partial charge on any atom is 0.323 e. The van der Waals surface area contributed by atoms with Crippen LogP contribution in [-0.4, -0.2) is 68.6 Å². The van der Waals surface area contributed by atoms with Gasteiger partial charge in [0.15, 0.2) is 0 Å². The van der Waals surface area contributed by atoms with Crippen molar-refractivity contribution in [1.82, 2.24) is 25.0 Å². The summed E-state index contributed by atoms with van der Waals surface area (Å²) < 4.78 is 6.88. The van der Waals surface area contributed by atoms with Crippen molar-refractivity contribution in [2.75, 3.05) is 26.9 Å². The molecule has 0 saturated carbocycles. The lowest BCUT2D eigenvalue weighted by atomic mass is 9.97. The van der Waals surface area contributed by atoms with Crippen molar-refractivity contribution in [3.63, 3.8) is 0 Å². The number of hydrogen-bond donors (Lipinski definition) is 5. The number of nitrogens with one attached hydrogen (secondary N) is 2. The van der Waals surface area contributed by atoms with Gasteiger partial charge in [-0.15, -0.1) is 0 Å². The number of hydrogen-bond acceptors (Lipinski definition) is 9. The third kappa shape index (κ3) is 6.90. The van der Waals surface area contributed by atoms with Crippen molar-refractivity contribution in [3.05, 3.63) is 105 Å². The van der Waals surface area contributed by atoms with Gasteiger partial charge in [-0.3, -0.25) is 19.3 Å². The van der Waals surface area contributed by atoms with Crippen LogP contribution in [0, 0.1) is 0 Å². The minimum Gasteiger partial charge on any atom is -0.481 e. The molecule has 0 spiro atoms. The van der Waals surface area contributed by atoms with Crippen molar-refractivity contribution < 1.29 is 24.9 Å². The lowest BCUT2D eigenvalue weighted by molar-refractivity contribution is -0.140. The second-order valence-corrected chi connectivity index (χ2v) is 11.0. The number of pyridine rings is 2. The monoisotopic (exact) mass is 663 g/mol. The Hall–Kier alpha value is -4.36. The predicted molar refractivity (Wildman–Crippen MR) is 176 cm³/mol. The first-order valence-corrected chi connectivity index (χ1v) is 15.0. The number of aliphatic carboxylic acids is 1. The van der Waals surface area contributed by atoms with E-state index in [-0.39, 0.29) is 24.3 Å². The second-order valence-electron chi connectivity index (χ2n) is 10.3. The third-order valence-corrected chi connectivity index (χ3v) is 8.23. The Morgan fingerprint density at radius 3 is 2.33 bits per heavy atom. The normalized spacial score (nSPS) is 11.9. The summed E-state index contributed by atoms with van der Waals surface area (Å²) in [4.78, 5) is 33.3. The fraction of sp³-hybridized carbons (Fsp3) is 0.212. The quantitative estimate of drug-likeness (QED) is 0.117. The van der Waals surface area contributed by atoms with Gasteiger partial charge in [-0.1, -0.05) is 65.7 Å². The average molecular weight is 665 g/mol. The number of carboxylic acids is 1. The lowest BCUT2D eigenvalue weighted by Gasteiger charge is -2.15. The first-order chi connectivity index (χ1) is 22.3. The summed E-state index contributed by atoms with van der Waals surface area (Å²) >= 11 is 14.0. The number of carboxylic acid groups (broad SMARTS) is 1. The number of rotatable bonds is 13. The molecule has 0 aliphatic rings. The molecule has 0 radical (unpaired) electrons. The summed E-state index contributed by atoms with van der Waals surface area (Å²) in [5.41, 5.74) is 5.25. The number of aromatic nitrogens is 3. The molecule has 3 heterocycles. The molecule has 5 aromatic rings. The van der Waals surface area contributed by atoms with E-state index in [0.717, 1.165) is 11.1 Å². The number of aliphatic hydroxyl groups excluding tert-OH is 2. The SMILES string of the molecule is COc1nc(-c2cccc(-c3cccc(-c4ccn5c(=O)c(CN[C@H](CO)C(=O)O)cnc5c4)c3Cl)c2Cl)ccc1CNCCO. The van der Waals surface area contributed by atoms with E-state index in [2.05, 4.69) is 20.6 Å². The molecule has 0 fully saturated rings. The minimum atomic E-state index is -1.22. The number of benzene rings is 2. The molecule has 5 N–H and O–H groups in total. The van der Waals surface area contributed by atoms with Gasteiger partial charge in [-0.2, -0.15) is 0 Å². The summed E-state index contributed by atoms with van der Waals surface area (Å²) in [6.07, 6.45) is 2.97. The van der Waals surface area contributed by atoms with Gasteiger partial charge in [-0.25, -0.2) is 9.97 Å². The van der Waals surface area contributed by atoms with E-state index in [1.54, 1.807) is 25.4 Å². The molecule has 46 heavy (non-hydrogen) atoms. The Balaban J connectivity index is 1.47. The van der Waals surface area contributed by atoms with Crippen LogP contribution in [0.25, 0.3) is 39.2 Å². The van der Waals surface area contributed by atoms with Crippen LogP contribution in [-0.2, 0) is 17.9 Å². The van der Waals surface area contributed by atoms with E-state index in [1.807, 2.05) is 48.5 Å². The van der Waals surface area contributed by atoms with Gasteiger partial charge in [0.25, 0.3) is 5.56 Å². The molecule has 0 aliphatic carbocycles. The summed E-state index contributed by atoms with van der Waals surface area (Å²) in [6, 6.07) is 17.3. The average Bonchev–Trinajstić information content (AvgIpc) is 3.06. The Labute approximate surface area is 274 Å². The van der Waals surface area contributed by atoms with E-state index in [1.165, 1.54) is 10.6 Å². The van der Waals surface area contributed by atoms with Crippen LogP contribution in [0.15, 0.2) is 77.9 Å². The zero-order valence-electron chi connectivity index (χ0n) is 24.7. The molecule has 0 unspecified atom stereocenters. The van der Waals surface area contributed by atoms with E-state index < -0.39 is 18.6 Å². The van der Waals surface area contributed by atoms with Crippen LogP contribution in [0.1, 0.15) is 11.1 Å². The molecule has 5 rings (SSSR count). The summed E-state index contributed by atoms with van der Waals surface area (Å²) in [5.74, 6) is -0.769. The number of aliphatic hydroxyl groups is 2. The zero-order chi connectivity index (χ0) is 32.8. The molecule has 238 valence electrons. The van der Waals surface area contributed by atoms with E-state index in [9.17, 15) is 14.7 Å². The van der Waals surface area contributed by atoms with Crippen molar-refractivity contribution in [2.24, 2.45) is 0 Å². The topological polar surface area (TPSA) is 158 Å². The van der Waals surface area contributed by atoms with Gasteiger partial charge >= 0.3 is 5.97 Å². The fourth-order valence-corrected chi connectivity index (χ4v) is 5.66. The van der Waals surface area contributed by atoms with Crippen molar-refractivity contribution in [3.8, 4) is 39.4 Å². The maximum atomic E-state index is 13.1. The van der Waals surface area contributed by atoms with Crippen molar-refractivity contribution in [2.45, 2.75) is 19.1 Å². The minimum absolute atomic E-state index is 0.0289. The molecule has 0 amide bonds. The smallest absolute Gasteiger partial charge is 0.323 e. The molecule has 3 aromatic heterocycles. The van der Waals surface area contributed by atoms with Crippen LogP contribution < -0.4 is 20.9 Å². The Morgan fingerprint density at radius 1 is 0.957 bits per heavy atom. The van der Waals surface area contributed by atoms with E-state index in [0.29, 0.717) is 62.6 Å². The predicted octanol–water partition coefficient (Wildman–Crippen LogP) is 4.02. The fourth-order valence-electron chi connectivity index (χ4n) is 5.00. The molecule has 0 bridgehead atoms. The molecule has 1 atom stereocenters. The van der Waals surface area contributed by atoms with E-state index >= 15 is 0 Å². The van der Waals surface area contributed by atoms with Crippen LogP contribution in [0.2, 0.25) is 10.0 Å². The van der Waals surface area contributed by atoms with Gasteiger partial charge in [-0.05, 0) is 23.8 Å². The Kier molecular flexibility index (Phi) is 10.6. The highest BCUT2D eigenvalue weighted by Gasteiger charge is 2.19. The first-order valence-electron chi connectivity index (χ1n) is 14.3. The first kappa shape index (κ1) is 33.0. The highest BCUT2D eigenvalue weighted by atomic mass is 35.5.